The molecule has 3 aliphatic rings. The van der Waals surface area contributed by atoms with Gasteiger partial charge in [0.2, 0.25) is 0 Å². The first-order valence-electron chi connectivity index (χ1n) is 11.6. The van der Waals surface area contributed by atoms with Crippen LogP contribution in [0.1, 0.15) is 49.7 Å². The minimum atomic E-state index is -4.39. The van der Waals surface area contributed by atoms with Gasteiger partial charge in [0.1, 0.15) is 5.82 Å². The maximum atomic E-state index is 14.5. The van der Waals surface area contributed by atoms with E-state index < -0.39 is 11.7 Å². The fourth-order valence-electron chi connectivity index (χ4n) is 5.29. The highest BCUT2D eigenvalue weighted by atomic mass is 32.2. The van der Waals surface area contributed by atoms with Crippen molar-refractivity contribution in [2.45, 2.75) is 60.6 Å². The van der Waals surface area contributed by atoms with Crippen molar-refractivity contribution >= 4 is 23.4 Å². The Morgan fingerprint density at radius 1 is 0.970 bits per heavy atom. The number of rotatable bonds is 2. The molecule has 2 nitrogen and oxygen atoms in total. The summed E-state index contributed by atoms with van der Waals surface area (Å²) >= 11 is 1.34. The summed E-state index contributed by atoms with van der Waals surface area (Å²) in [6.07, 6.45) is 2.82. The van der Waals surface area contributed by atoms with Gasteiger partial charge in [-0.3, -0.25) is 0 Å². The van der Waals surface area contributed by atoms with Gasteiger partial charge in [0.15, 0.2) is 0 Å². The van der Waals surface area contributed by atoms with Gasteiger partial charge in [-0.2, -0.15) is 13.2 Å². The number of halogens is 4. The highest BCUT2D eigenvalue weighted by Gasteiger charge is 2.31. The Morgan fingerprint density at radius 3 is 2.39 bits per heavy atom. The van der Waals surface area contributed by atoms with Crippen LogP contribution in [-0.2, 0) is 6.18 Å². The lowest BCUT2D eigenvalue weighted by Gasteiger charge is -2.34. The van der Waals surface area contributed by atoms with Gasteiger partial charge in [0, 0.05) is 29.4 Å². The van der Waals surface area contributed by atoms with Crippen LogP contribution in [-0.4, -0.2) is 35.7 Å². The summed E-state index contributed by atoms with van der Waals surface area (Å²) in [4.78, 5) is 3.93. The van der Waals surface area contributed by atoms with Crippen molar-refractivity contribution in [1.29, 1.82) is 0 Å². The average molecular weight is 478 g/mol. The van der Waals surface area contributed by atoms with Crippen LogP contribution in [0.3, 0.4) is 0 Å². The van der Waals surface area contributed by atoms with Gasteiger partial charge in [-0.1, -0.05) is 17.3 Å². The SMILES string of the molecule is OC1CCC(CN2CCC(=c3cc(F)cc4c3=Cc3cc(C(F)(F)F)ccc3S4)CC2)CC1. The van der Waals surface area contributed by atoms with Gasteiger partial charge in [-0.15, -0.1) is 0 Å². The molecule has 33 heavy (non-hydrogen) atoms. The molecule has 0 radical (unpaired) electrons. The van der Waals surface area contributed by atoms with E-state index in [9.17, 15) is 22.7 Å². The molecular weight excluding hydrogens is 450 g/mol. The molecule has 0 aromatic heterocycles. The molecule has 0 spiro atoms. The molecule has 0 bridgehead atoms. The fraction of sp³-hybridized carbons (Fsp3) is 0.462. The second-order valence-corrected chi connectivity index (χ2v) is 10.5. The molecule has 2 aromatic carbocycles. The molecule has 0 atom stereocenters. The normalized spacial score (nSPS) is 23.6. The van der Waals surface area contributed by atoms with Crippen LogP contribution in [0.4, 0.5) is 17.6 Å². The zero-order valence-corrected chi connectivity index (χ0v) is 19.1. The average Bonchev–Trinajstić information content (AvgIpc) is 2.78. The summed E-state index contributed by atoms with van der Waals surface area (Å²) in [7, 11) is 0. The van der Waals surface area contributed by atoms with Gasteiger partial charge < -0.3 is 10.0 Å². The number of aliphatic hydroxyl groups excluding tert-OH is 1. The number of nitrogens with zero attached hydrogens (tertiary/aromatic N) is 1. The Labute approximate surface area is 195 Å². The molecule has 0 unspecified atom stereocenters. The van der Waals surface area contributed by atoms with E-state index in [1.54, 1.807) is 12.1 Å². The Bertz CT molecular complexity index is 1160. The highest BCUT2D eigenvalue weighted by Crippen LogP contribution is 2.37. The summed E-state index contributed by atoms with van der Waals surface area (Å²) in [5.74, 6) is 0.316. The number of likely N-dealkylation sites (tertiary alicyclic amines) is 1. The highest BCUT2D eigenvalue weighted by molar-refractivity contribution is 7.99. The minimum Gasteiger partial charge on any atom is -0.393 e. The number of benzene rings is 2. The van der Waals surface area contributed by atoms with Crippen molar-refractivity contribution in [2.24, 2.45) is 5.92 Å². The van der Waals surface area contributed by atoms with Crippen LogP contribution in [0.5, 0.6) is 0 Å². The second kappa shape index (κ2) is 9.08. The van der Waals surface area contributed by atoms with Gasteiger partial charge >= 0.3 is 6.18 Å². The number of piperidine rings is 1. The second-order valence-electron chi connectivity index (χ2n) is 9.44. The lowest BCUT2D eigenvalue weighted by molar-refractivity contribution is -0.137. The number of hydrogen-bond donors (Lipinski definition) is 1. The predicted octanol–water partition coefficient (Wildman–Crippen LogP) is 4.94. The smallest absolute Gasteiger partial charge is 0.393 e. The van der Waals surface area contributed by atoms with Crippen LogP contribution in [0.2, 0.25) is 0 Å². The fourth-order valence-corrected chi connectivity index (χ4v) is 6.35. The molecule has 1 aliphatic carbocycles. The van der Waals surface area contributed by atoms with E-state index in [0.29, 0.717) is 16.4 Å². The quantitative estimate of drug-likeness (QED) is 0.529. The largest absolute Gasteiger partial charge is 0.416 e. The molecule has 2 heterocycles. The monoisotopic (exact) mass is 477 g/mol. The molecule has 176 valence electrons. The minimum absolute atomic E-state index is 0.145. The van der Waals surface area contributed by atoms with Crippen LogP contribution in [0.25, 0.3) is 11.6 Å². The molecule has 2 aliphatic heterocycles. The molecule has 1 saturated heterocycles. The summed E-state index contributed by atoms with van der Waals surface area (Å²) in [6.45, 7) is 2.85. The maximum Gasteiger partial charge on any atom is 0.416 e. The summed E-state index contributed by atoms with van der Waals surface area (Å²) in [5.41, 5.74) is 1.04. The van der Waals surface area contributed by atoms with E-state index in [0.717, 1.165) is 79.6 Å². The number of hydrogen-bond acceptors (Lipinski definition) is 3. The van der Waals surface area contributed by atoms with Crippen LogP contribution >= 0.6 is 11.8 Å². The molecule has 1 saturated carbocycles. The van der Waals surface area contributed by atoms with Gasteiger partial charge in [-0.05, 0) is 96.9 Å². The molecule has 2 aromatic rings. The summed E-state index contributed by atoms with van der Waals surface area (Å²) < 4.78 is 54.1. The number of fused-ring (bicyclic) bond motifs is 2. The third kappa shape index (κ3) is 5.00. The topological polar surface area (TPSA) is 23.5 Å². The van der Waals surface area contributed by atoms with Gasteiger partial charge in [-0.25, -0.2) is 4.39 Å². The molecule has 7 heteroatoms. The Kier molecular flexibility index (Phi) is 6.31. The number of aliphatic hydroxyl groups is 1. The van der Waals surface area contributed by atoms with Crippen molar-refractivity contribution in [3.8, 4) is 0 Å². The number of alkyl halides is 3. The maximum absolute atomic E-state index is 14.5. The van der Waals surface area contributed by atoms with Crippen LogP contribution in [0.15, 0.2) is 40.1 Å². The first kappa shape index (κ1) is 22.9. The van der Waals surface area contributed by atoms with E-state index in [4.69, 9.17) is 0 Å². The van der Waals surface area contributed by atoms with Gasteiger partial charge in [0.25, 0.3) is 0 Å². The lowest BCUT2D eigenvalue weighted by atomic mass is 9.86. The van der Waals surface area contributed by atoms with Crippen LogP contribution in [0, 0.1) is 11.7 Å². The Balaban J connectivity index is 1.43. The molecule has 0 amide bonds. The van der Waals surface area contributed by atoms with Crippen LogP contribution < -0.4 is 10.4 Å². The molecular formula is C26H27F4NOS. The van der Waals surface area contributed by atoms with Crippen molar-refractivity contribution < 1.29 is 22.7 Å². The summed E-state index contributed by atoms with van der Waals surface area (Å²) in [6, 6.07) is 6.77. The zero-order chi connectivity index (χ0) is 23.2. The third-order valence-electron chi connectivity index (χ3n) is 7.14. The van der Waals surface area contributed by atoms with Crippen molar-refractivity contribution in [3.05, 3.63) is 57.7 Å². The lowest BCUT2D eigenvalue weighted by Crippen LogP contribution is -2.39. The van der Waals surface area contributed by atoms with E-state index >= 15 is 0 Å². The first-order chi connectivity index (χ1) is 15.8. The van der Waals surface area contributed by atoms with Crippen molar-refractivity contribution in [2.75, 3.05) is 19.6 Å². The predicted molar refractivity (Wildman–Crippen MR) is 122 cm³/mol. The Hall–Kier alpha value is -1.83. The van der Waals surface area contributed by atoms with Crippen molar-refractivity contribution in [3.63, 3.8) is 0 Å². The first-order valence-corrected chi connectivity index (χ1v) is 12.4. The molecule has 1 N–H and O–H groups in total. The third-order valence-corrected chi connectivity index (χ3v) is 8.29. The summed E-state index contributed by atoms with van der Waals surface area (Å²) in [5, 5.41) is 11.4. The molecule has 2 fully saturated rings. The van der Waals surface area contributed by atoms with E-state index in [-0.39, 0.29) is 11.9 Å². The van der Waals surface area contributed by atoms with E-state index in [1.165, 1.54) is 35.5 Å². The Morgan fingerprint density at radius 2 is 1.70 bits per heavy atom. The standard InChI is InChI=1S/C26H27F4NOS/c27-20-13-22(17-7-9-31(10-8-17)15-16-1-4-21(32)5-2-16)23-12-18-11-19(26(28,29)30)3-6-24(18)33-25(23)14-20/h3,6,11-14,16,21,32H,1-2,4-5,7-10,15H2. The van der Waals surface area contributed by atoms with Crippen molar-refractivity contribution in [1.82, 2.24) is 4.90 Å². The van der Waals surface area contributed by atoms with E-state index in [1.807, 2.05) is 0 Å². The van der Waals surface area contributed by atoms with Gasteiger partial charge in [0.05, 0.1) is 11.7 Å². The zero-order valence-electron chi connectivity index (χ0n) is 18.3. The van der Waals surface area contributed by atoms with E-state index in [2.05, 4.69) is 4.90 Å². The molecule has 5 rings (SSSR count).